The van der Waals surface area contributed by atoms with Crippen molar-refractivity contribution >= 4 is 16.9 Å². The summed E-state index contributed by atoms with van der Waals surface area (Å²) in [5.41, 5.74) is 0.494. The van der Waals surface area contributed by atoms with Crippen LogP contribution in [0.2, 0.25) is 0 Å². The molecule has 0 radical (unpaired) electrons. The highest BCUT2D eigenvalue weighted by molar-refractivity contribution is 8.15. The molecule has 0 amide bonds. The monoisotopic (exact) mass is 212 g/mol. The molecule has 0 saturated carbocycles. The summed E-state index contributed by atoms with van der Waals surface area (Å²) in [6.45, 7) is 9.32. The fourth-order valence-corrected chi connectivity index (χ4v) is 2.91. The van der Waals surface area contributed by atoms with Gasteiger partial charge in [-0.3, -0.25) is 4.79 Å². The second kappa shape index (κ2) is 3.81. The third-order valence-corrected chi connectivity index (χ3v) is 3.90. The summed E-state index contributed by atoms with van der Waals surface area (Å²) >= 11 is 1.22. The molecule has 0 aromatic heterocycles. The SMILES string of the molecule is C=CC(C)CC1(C)SC(=O)C(C)=C1O. The number of carbonyl (C=O) groups is 1. The Morgan fingerprint density at radius 1 is 1.71 bits per heavy atom. The number of allylic oxidation sites excluding steroid dienone is 1. The number of thioether (sulfide) groups is 1. The van der Waals surface area contributed by atoms with Crippen molar-refractivity contribution in [1.82, 2.24) is 0 Å². The summed E-state index contributed by atoms with van der Waals surface area (Å²) in [6.07, 6.45) is 2.59. The lowest BCUT2D eigenvalue weighted by Crippen LogP contribution is -2.23. The van der Waals surface area contributed by atoms with Gasteiger partial charge in [-0.25, -0.2) is 0 Å². The molecule has 1 heterocycles. The van der Waals surface area contributed by atoms with Crippen LogP contribution in [-0.4, -0.2) is 15.0 Å². The molecule has 3 heteroatoms. The van der Waals surface area contributed by atoms with Gasteiger partial charge in [0.1, 0.15) is 5.76 Å². The predicted molar refractivity (Wildman–Crippen MR) is 60.3 cm³/mol. The maximum Gasteiger partial charge on any atom is 0.219 e. The predicted octanol–water partition coefficient (Wildman–Crippen LogP) is 3.06. The first-order valence-corrected chi connectivity index (χ1v) is 5.48. The lowest BCUT2D eigenvalue weighted by atomic mass is 9.93. The van der Waals surface area contributed by atoms with E-state index in [1.807, 2.05) is 19.9 Å². The molecule has 0 aliphatic carbocycles. The van der Waals surface area contributed by atoms with E-state index in [1.165, 1.54) is 11.8 Å². The van der Waals surface area contributed by atoms with Crippen LogP contribution in [0.4, 0.5) is 0 Å². The summed E-state index contributed by atoms with van der Waals surface area (Å²) in [6, 6.07) is 0. The molecule has 14 heavy (non-hydrogen) atoms. The molecule has 0 spiro atoms. The molecule has 0 aromatic carbocycles. The summed E-state index contributed by atoms with van der Waals surface area (Å²) in [5.74, 6) is 0.537. The molecule has 78 valence electrons. The fraction of sp³-hybridized carbons (Fsp3) is 0.545. The first-order chi connectivity index (χ1) is 6.40. The molecular weight excluding hydrogens is 196 g/mol. The third-order valence-electron chi connectivity index (χ3n) is 2.59. The molecule has 2 atom stereocenters. The number of rotatable bonds is 3. The van der Waals surface area contributed by atoms with Gasteiger partial charge < -0.3 is 5.11 Å². The minimum Gasteiger partial charge on any atom is -0.510 e. The molecule has 2 unspecified atom stereocenters. The normalized spacial score (nSPS) is 29.5. The molecule has 0 saturated heterocycles. The van der Waals surface area contributed by atoms with Gasteiger partial charge in [0.25, 0.3) is 0 Å². The second-order valence-electron chi connectivity index (χ2n) is 4.01. The van der Waals surface area contributed by atoms with E-state index in [1.54, 1.807) is 6.92 Å². The smallest absolute Gasteiger partial charge is 0.219 e. The number of hydrogen-bond donors (Lipinski definition) is 1. The van der Waals surface area contributed by atoms with Gasteiger partial charge in [-0.1, -0.05) is 24.8 Å². The maximum atomic E-state index is 11.4. The Hall–Kier alpha value is -0.700. The van der Waals surface area contributed by atoms with E-state index < -0.39 is 4.75 Å². The van der Waals surface area contributed by atoms with E-state index in [4.69, 9.17) is 0 Å². The van der Waals surface area contributed by atoms with Gasteiger partial charge in [-0.15, -0.1) is 6.58 Å². The molecular formula is C11H16O2S. The fourth-order valence-electron chi connectivity index (χ4n) is 1.66. The van der Waals surface area contributed by atoms with Crippen LogP contribution < -0.4 is 0 Å². The summed E-state index contributed by atoms with van der Waals surface area (Å²) in [7, 11) is 0. The highest BCUT2D eigenvalue weighted by atomic mass is 32.2. The molecule has 2 nitrogen and oxygen atoms in total. The molecule has 0 fully saturated rings. The Morgan fingerprint density at radius 2 is 2.29 bits per heavy atom. The van der Waals surface area contributed by atoms with Gasteiger partial charge in [-0.05, 0) is 26.2 Å². The average Bonchev–Trinajstić information content (AvgIpc) is 2.30. The molecule has 1 aliphatic heterocycles. The van der Waals surface area contributed by atoms with Crippen molar-refractivity contribution in [3.63, 3.8) is 0 Å². The Morgan fingerprint density at radius 3 is 2.64 bits per heavy atom. The van der Waals surface area contributed by atoms with Crippen molar-refractivity contribution < 1.29 is 9.90 Å². The van der Waals surface area contributed by atoms with Crippen LogP contribution in [-0.2, 0) is 4.79 Å². The van der Waals surface area contributed by atoms with E-state index in [0.29, 0.717) is 11.5 Å². The quantitative estimate of drug-likeness (QED) is 0.730. The Labute approximate surface area is 89.1 Å². The van der Waals surface area contributed by atoms with Crippen LogP contribution >= 0.6 is 11.8 Å². The van der Waals surface area contributed by atoms with Gasteiger partial charge in [0, 0.05) is 5.57 Å². The maximum absolute atomic E-state index is 11.4. The second-order valence-corrected chi connectivity index (χ2v) is 5.49. The van der Waals surface area contributed by atoms with Crippen LogP contribution in [0.5, 0.6) is 0 Å². The highest BCUT2D eigenvalue weighted by Gasteiger charge is 2.42. The minimum atomic E-state index is -0.450. The summed E-state index contributed by atoms with van der Waals surface area (Å²) < 4.78 is -0.450. The number of hydrogen-bond acceptors (Lipinski definition) is 3. The van der Waals surface area contributed by atoms with Crippen LogP contribution in [0.3, 0.4) is 0 Å². The number of aliphatic hydroxyl groups is 1. The standard InChI is InChI=1S/C11H16O2S/c1-5-7(2)6-11(4)9(12)8(3)10(13)14-11/h5,7,12H,1,6H2,2-4H3. The number of aliphatic hydroxyl groups excluding tert-OH is 1. The topological polar surface area (TPSA) is 37.3 Å². The largest absolute Gasteiger partial charge is 0.510 e. The van der Waals surface area contributed by atoms with Crippen molar-refractivity contribution in [3.8, 4) is 0 Å². The van der Waals surface area contributed by atoms with Gasteiger partial charge in [0.05, 0.1) is 4.75 Å². The van der Waals surface area contributed by atoms with Crippen molar-refractivity contribution in [2.24, 2.45) is 5.92 Å². The molecule has 0 bridgehead atoms. The molecule has 1 N–H and O–H groups in total. The Bertz CT molecular complexity index is 306. The Kier molecular flexibility index (Phi) is 3.10. The van der Waals surface area contributed by atoms with E-state index >= 15 is 0 Å². The zero-order valence-electron chi connectivity index (χ0n) is 8.83. The van der Waals surface area contributed by atoms with Crippen molar-refractivity contribution in [2.45, 2.75) is 31.9 Å². The highest BCUT2D eigenvalue weighted by Crippen LogP contribution is 2.45. The van der Waals surface area contributed by atoms with E-state index in [-0.39, 0.29) is 10.9 Å². The van der Waals surface area contributed by atoms with Crippen LogP contribution in [0.1, 0.15) is 27.2 Å². The van der Waals surface area contributed by atoms with E-state index in [2.05, 4.69) is 6.58 Å². The van der Waals surface area contributed by atoms with Crippen molar-refractivity contribution in [3.05, 3.63) is 24.0 Å². The van der Waals surface area contributed by atoms with Gasteiger partial charge in [-0.2, -0.15) is 0 Å². The van der Waals surface area contributed by atoms with Gasteiger partial charge in [0.15, 0.2) is 0 Å². The first kappa shape index (κ1) is 11.4. The zero-order chi connectivity index (χ0) is 10.9. The first-order valence-electron chi connectivity index (χ1n) is 4.67. The molecule has 0 aromatic rings. The molecule has 1 rings (SSSR count). The van der Waals surface area contributed by atoms with Crippen LogP contribution in [0, 0.1) is 5.92 Å². The number of carbonyl (C=O) groups excluding carboxylic acids is 1. The average molecular weight is 212 g/mol. The lowest BCUT2D eigenvalue weighted by molar-refractivity contribution is -0.107. The lowest BCUT2D eigenvalue weighted by Gasteiger charge is -2.24. The van der Waals surface area contributed by atoms with Gasteiger partial charge in [0.2, 0.25) is 5.12 Å². The summed E-state index contributed by atoms with van der Waals surface area (Å²) in [4.78, 5) is 11.4. The Balaban J connectivity index is 2.88. The van der Waals surface area contributed by atoms with Gasteiger partial charge >= 0.3 is 0 Å². The van der Waals surface area contributed by atoms with Crippen molar-refractivity contribution in [2.75, 3.05) is 0 Å². The van der Waals surface area contributed by atoms with E-state index in [0.717, 1.165) is 6.42 Å². The summed E-state index contributed by atoms with van der Waals surface area (Å²) in [5, 5.41) is 9.82. The van der Waals surface area contributed by atoms with E-state index in [9.17, 15) is 9.90 Å². The van der Waals surface area contributed by atoms with Crippen molar-refractivity contribution in [1.29, 1.82) is 0 Å². The zero-order valence-corrected chi connectivity index (χ0v) is 9.65. The van der Waals surface area contributed by atoms with Crippen LogP contribution in [0.15, 0.2) is 24.0 Å². The third kappa shape index (κ3) is 1.87. The van der Waals surface area contributed by atoms with Crippen LogP contribution in [0.25, 0.3) is 0 Å². The minimum absolute atomic E-state index is 0.0127. The molecule has 1 aliphatic rings.